The monoisotopic (exact) mass is 282 g/mol. The molecule has 0 bridgehead atoms. The first kappa shape index (κ1) is 15.4. The fraction of sp³-hybridized carbons (Fsp3) is 0.727. The van der Waals surface area contributed by atoms with E-state index in [1.165, 1.54) is 6.20 Å². The van der Waals surface area contributed by atoms with Gasteiger partial charge in [0.1, 0.15) is 0 Å². The van der Waals surface area contributed by atoms with Crippen molar-refractivity contribution in [2.45, 2.75) is 32.0 Å². The summed E-state index contributed by atoms with van der Waals surface area (Å²) in [5, 5.41) is 2.39. The molecular formula is C11H17F3N2OS. The average molecular weight is 282 g/mol. The summed E-state index contributed by atoms with van der Waals surface area (Å²) in [5.74, 6) is 0. The molecule has 0 amide bonds. The number of aromatic nitrogens is 1. The highest BCUT2D eigenvalue weighted by molar-refractivity contribution is 7.11. The molecule has 0 aliphatic carbocycles. The van der Waals surface area contributed by atoms with Crippen LogP contribution in [0.5, 0.6) is 0 Å². The van der Waals surface area contributed by atoms with Gasteiger partial charge < -0.3 is 10.1 Å². The fourth-order valence-corrected chi connectivity index (χ4v) is 2.50. The Morgan fingerprint density at radius 2 is 2.22 bits per heavy atom. The van der Waals surface area contributed by atoms with Crippen molar-refractivity contribution in [2.75, 3.05) is 20.3 Å². The van der Waals surface area contributed by atoms with Crippen molar-refractivity contribution in [3.8, 4) is 0 Å². The summed E-state index contributed by atoms with van der Waals surface area (Å²) < 4.78 is 42.3. The number of hydrogen-bond donors (Lipinski definition) is 1. The van der Waals surface area contributed by atoms with Gasteiger partial charge in [-0.25, -0.2) is 4.98 Å². The molecule has 1 atom stereocenters. The van der Waals surface area contributed by atoms with Crippen molar-refractivity contribution in [3.63, 3.8) is 0 Å². The number of rotatable bonds is 7. The van der Waals surface area contributed by atoms with Crippen molar-refractivity contribution in [1.29, 1.82) is 0 Å². The third-order valence-corrected chi connectivity index (χ3v) is 3.56. The molecule has 0 saturated carbocycles. The van der Waals surface area contributed by atoms with Crippen LogP contribution in [-0.2, 0) is 10.9 Å². The molecule has 0 aliphatic rings. The Kier molecular flexibility index (Phi) is 6.04. The van der Waals surface area contributed by atoms with E-state index >= 15 is 0 Å². The number of methoxy groups -OCH3 is 1. The molecule has 0 aliphatic heterocycles. The van der Waals surface area contributed by atoms with E-state index in [-0.39, 0.29) is 6.04 Å². The van der Waals surface area contributed by atoms with Gasteiger partial charge in [0.15, 0.2) is 5.01 Å². The van der Waals surface area contributed by atoms with Crippen LogP contribution in [0.25, 0.3) is 0 Å². The number of nitrogens with one attached hydrogen (secondary N) is 1. The third-order valence-electron chi connectivity index (χ3n) is 2.40. The first-order chi connectivity index (χ1) is 8.49. The molecule has 1 heterocycles. The standard InChI is InChI=1S/C11H17F3N2OS/c1-3-15-8(5-4-6-17-2)9-7-16-10(18-9)11(12,13)14/h7-8,15H,3-6H2,1-2H3. The lowest BCUT2D eigenvalue weighted by Gasteiger charge is -2.15. The molecule has 1 aromatic heterocycles. The molecule has 1 rings (SSSR count). The van der Waals surface area contributed by atoms with Gasteiger partial charge in [-0.15, -0.1) is 11.3 Å². The van der Waals surface area contributed by atoms with E-state index in [4.69, 9.17) is 4.74 Å². The van der Waals surface area contributed by atoms with E-state index in [9.17, 15) is 13.2 Å². The Labute approximate surface area is 108 Å². The summed E-state index contributed by atoms with van der Waals surface area (Å²) in [4.78, 5) is 4.07. The maximum Gasteiger partial charge on any atom is 0.443 e. The molecule has 1 N–H and O–H groups in total. The molecule has 0 saturated heterocycles. The van der Waals surface area contributed by atoms with Crippen LogP contribution in [-0.4, -0.2) is 25.2 Å². The van der Waals surface area contributed by atoms with Gasteiger partial charge >= 0.3 is 6.18 Å². The van der Waals surface area contributed by atoms with Crippen LogP contribution in [0.3, 0.4) is 0 Å². The Morgan fingerprint density at radius 1 is 1.50 bits per heavy atom. The summed E-state index contributed by atoms with van der Waals surface area (Å²) in [6.45, 7) is 3.23. The minimum Gasteiger partial charge on any atom is -0.385 e. The second-order valence-corrected chi connectivity index (χ2v) is 4.87. The van der Waals surface area contributed by atoms with Gasteiger partial charge in [-0.2, -0.15) is 13.2 Å². The van der Waals surface area contributed by atoms with E-state index in [0.29, 0.717) is 29.4 Å². The molecule has 0 fully saturated rings. The molecule has 3 nitrogen and oxygen atoms in total. The Hall–Kier alpha value is -0.660. The number of thiazole rings is 1. The minimum atomic E-state index is -4.35. The zero-order chi connectivity index (χ0) is 13.6. The van der Waals surface area contributed by atoms with Crippen molar-refractivity contribution in [3.05, 3.63) is 16.1 Å². The second-order valence-electron chi connectivity index (χ2n) is 3.81. The highest BCUT2D eigenvalue weighted by atomic mass is 32.1. The minimum absolute atomic E-state index is 0.0845. The van der Waals surface area contributed by atoms with Gasteiger partial charge in [0.2, 0.25) is 0 Å². The zero-order valence-electron chi connectivity index (χ0n) is 10.4. The summed E-state index contributed by atoms with van der Waals surface area (Å²) >= 11 is 0.706. The Balaban J connectivity index is 2.70. The molecule has 0 spiro atoms. The number of hydrogen-bond acceptors (Lipinski definition) is 4. The zero-order valence-corrected chi connectivity index (χ0v) is 11.2. The predicted octanol–water partition coefficient (Wildman–Crippen LogP) is 3.24. The molecule has 0 aromatic carbocycles. The summed E-state index contributed by atoms with van der Waals surface area (Å²) in [5.41, 5.74) is 0. The maximum absolute atomic E-state index is 12.5. The summed E-state index contributed by atoms with van der Waals surface area (Å²) in [6.07, 6.45) is -1.51. The van der Waals surface area contributed by atoms with Crippen LogP contribution in [0.1, 0.15) is 35.7 Å². The highest BCUT2D eigenvalue weighted by Gasteiger charge is 2.35. The highest BCUT2D eigenvalue weighted by Crippen LogP contribution is 2.35. The lowest BCUT2D eigenvalue weighted by atomic mass is 10.1. The molecule has 7 heteroatoms. The SMILES string of the molecule is CCNC(CCCOC)c1cnc(C(F)(F)F)s1. The second kappa shape index (κ2) is 7.06. The quantitative estimate of drug-likeness (QED) is 0.780. The maximum atomic E-state index is 12.5. The first-order valence-electron chi connectivity index (χ1n) is 5.74. The largest absolute Gasteiger partial charge is 0.443 e. The van der Waals surface area contributed by atoms with Crippen molar-refractivity contribution >= 4 is 11.3 Å². The Morgan fingerprint density at radius 3 is 2.72 bits per heavy atom. The molecular weight excluding hydrogens is 265 g/mol. The van der Waals surface area contributed by atoms with E-state index < -0.39 is 11.2 Å². The summed E-state index contributed by atoms with van der Waals surface area (Å²) in [7, 11) is 1.61. The third kappa shape index (κ3) is 4.55. The molecule has 104 valence electrons. The van der Waals surface area contributed by atoms with Crippen molar-refractivity contribution < 1.29 is 17.9 Å². The molecule has 1 aromatic rings. The van der Waals surface area contributed by atoms with E-state index in [0.717, 1.165) is 12.8 Å². The number of ether oxygens (including phenoxy) is 1. The molecule has 1 unspecified atom stereocenters. The van der Waals surface area contributed by atoms with E-state index in [2.05, 4.69) is 10.3 Å². The molecule has 18 heavy (non-hydrogen) atoms. The van der Waals surface area contributed by atoms with Gasteiger partial charge in [0.05, 0.1) is 0 Å². The van der Waals surface area contributed by atoms with Crippen LogP contribution < -0.4 is 5.32 Å². The van der Waals surface area contributed by atoms with Gasteiger partial charge in [-0.05, 0) is 19.4 Å². The van der Waals surface area contributed by atoms with Gasteiger partial charge in [-0.3, -0.25) is 0 Å². The smallest absolute Gasteiger partial charge is 0.385 e. The lowest BCUT2D eigenvalue weighted by Crippen LogP contribution is -2.20. The van der Waals surface area contributed by atoms with E-state index in [1.807, 2.05) is 6.92 Å². The average Bonchev–Trinajstić information content (AvgIpc) is 2.77. The van der Waals surface area contributed by atoms with Crippen LogP contribution in [0, 0.1) is 0 Å². The van der Waals surface area contributed by atoms with Crippen LogP contribution in [0.2, 0.25) is 0 Å². The predicted molar refractivity (Wildman–Crippen MR) is 64.6 cm³/mol. The van der Waals surface area contributed by atoms with Crippen LogP contribution >= 0.6 is 11.3 Å². The first-order valence-corrected chi connectivity index (χ1v) is 6.56. The Bertz CT molecular complexity index is 354. The van der Waals surface area contributed by atoms with Crippen molar-refractivity contribution in [2.24, 2.45) is 0 Å². The van der Waals surface area contributed by atoms with Crippen LogP contribution in [0.15, 0.2) is 6.20 Å². The normalized spacial score (nSPS) is 13.8. The number of nitrogens with zero attached hydrogens (tertiary/aromatic N) is 1. The summed E-state index contributed by atoms with van der Waals surface area (Å²) in [6, 6.07) is -0.0845. The van der Waals surface area contributed by atoms with Crippen molar-refractivity contribution in [1.82, 2.24) is 10.3 Å². The van der Waals surface area contributed by atoms with Gasteiger partial charge in [0, 0.05) is 30.8 Å². The van der Waals surface area contributed by atoms with Crippen LogP contribution in [0.4, 0.5) is 13.2 Å². The topological polar surface area (TPSA) is 34.1 Å². The van der Waals surface area contributed by atoms with E-state index in [1.54, 1.807) is 7.11 Å². The number of halogens is 3. The fourth-order valence-electron chi connectivity index (χ4n) is 1.60. The lowest BCUT2D eigenvalue weighted by molar-refractivity contribution is -0.137. The van der Waals surface area contributed by atoms with Gasteiger partial charge in [0.25, 0.3) is 0 Å². The number of alkyl halides is 3. The molecule has 0 radical (unpaired) electrons. The van der Waals surface area contributed by atoms with Gasteiger partial charge in [-0.1, -0.05) is 6.92 Å².